The van der Waals surface area contributed by atoms with Crippen LogP contribution >= 0.6 is 7.82 Å². The molecule has 0 radical (unpaired) electrons. The van der Waals surface area contributed by atoms with E-state index in [1.165, 1.54) is 44.9 Å². The number of hydrogen-bond donors (Lipinski definition) is 3. The lowest BCUT2D eigenvalue weighted by Crippen LogP contribution is -2.34. The van der Waals surface area contributed by atoms with E-state index in [-0.39, 0.29) is 19.4 Å². The highest BCUT2D eigenvalue weighted by Gasteiger charge is 2.28. The number of carboxylic acid groups (broad SMARTS) is 1. The van der Waals surface area contributed by atoms with Crippen LogP contribution in [0.25, 0.3) is 0 Å². The first-order valence-corrected chi connectivity index (χ1v) is 21.5. The average Bonchev–Trinajstić information content (AvgIpc) is 3.14. The zero-order valence-electron chi connectivity index (χ0n) is 33.0. The first kappa shape index (κ1) is 50.9. The summed E-state index contributed by atoms with van der Waals surface area (Å²) in [6.07, 6.45) is 42.7. The van der Waals surface area contributed by atoms with Crippen LogP contribution in [0.2, 0.25) is 0 Å². The lowest BCUT2D eigenvalue weighted by atomic mass is 10.1. The number of hydrogen-bond acceptors (Lipinski definition) is 9. The van der Waals surface area contributed by atoms with Gasteiger partial charge >= 0.3 is 25.7 Å². The summed E-state index contributed by atoms with van der Waals surface area (Å²) in [4.78, 5) is 45.7. The minimum Gasteiger partial charge on any atom is -0.480 e. The van der Waals surface area contributed by atoms with Gasteiger partial charge in [-0.3, -0.25) is 23.4 Å². The second-order valence-corrected chi connectivity index (χ2v) is 14.5. The van der Waals surface area contributed by atoms with Gasteiger partial charge < -0.3 is 25.2 Å². The van der Waals surface area contributed by atoms with Crippen LogP contribution in [-0.2, 0) is 37.5 Å². The number of phosphoric acid groups is 1. The third-order valence-corrected chi connectivity index (χ3v) is 8.93. The van der Waals surface area contributed by atoms with Crippen LogP contribution in [-0.4, -0.2) is 59.9 Å². The Kier molecular flexibility index (Phi) is 34.8. The first-order chi connectivity index (χ1) is 26.1. The number of rotatable bonds is 36. The topological polar surface area (TPSA) is 172 Å². The van der Waals surface area contributed by atoms with Crippen molar-refractivity contribution < 1.29 is 47.5 Å². The summed E-state index contributed by atoms with van der Waals surface area (Å²) in [5.74, 6) is -2.50. The van der Waals surface area contributed by atoms with Gasteiger partial charge in [0.05, 0.1) is 13.2 Å². The summed E-state index contributed by atoms with van der Waals surface area (Å²) in [5.41, 5.74) is 5.31. The molecule has 308 valence electrons. The number of esters is 2. The molecule has 0 bridgehead atoms. The molecule has 0 heterocycles. The first-order valence-electron chi connectivity index (χ1n) is 20.0. The van der Waals surface area contributed by atoms with Gasteiger partial charge in [-0.15, -0.1) is 0 Å². The number of nitrogens with two attached hydrogens (primary N) is 1. The number of allylic oxidation sites excluding steroid dienone is 12. The second kappa shape index (κ2) is 36.9. The van der Waals surface area contributed by atoms with E-state index in [1.807, 2.05) is 18.2 Å². The van der Waals surface area contributed by atoms with Gasteiger partial charge in [-0.25, -0.2) is 4.57 Å². The third kappa shape index (κ3) is 35.9. The Morgan fingerprint density at radius 3 is 1.52 bits per heavy atom. The molecule has 0 aromatic heterocycles. The van der Waals surface area contributed by atoms with Gasteiger partial charge in [-0.2, -0.15) is 0 Å². The van der Waals surface area contributed by atoms with Crippen molar-refractivity contribution in [2.45, 2.75) is 154 Å². The lowest BCUT2D eigenvalue weighted by Gasteiger charge is -2.20. The summed E-state index contributed by atoms with van der Waals surface area (Å²) >= 11 is 0. The fourth-order valence-corrected chi connectivity index (χ4v) is 5.63. The Morgan fingerprint density at radius 2 is 1.04 bits per heavy atom. The molecule has 0 aromatic carbocycles. The number of ether oxygens (including phenoxy) is 2. The maximum Gasteiger partial charge on any atom is 0.472 e. The highest BCUT2D eigenvalue weighted by Crippen LogP contribution is 2.43. The quantitative estimate of drug-likeness (QED) is 0.0239. The Balaban J connectivity index is 4.56. The molecule has 0 aliphatic heterocycles. The minimum absolute atomic E-state index is 0.0338. The van der Waals surface area contributed by atoms with Gasteiger partial charge in [0.15, 0.2) is 6.10 Å². The smallest absolute Gasteiger partial charge is 0.472 e. The summed E-state index contributed by atoms with van der Waals surface area (Å²) in [6.45, 7) is 2.58. The maximum absolute atomic E-state index is 12.6. The molecule has 0 aliphatic rings. The van der Waals surface area contributed by atoms with Crippen LogP contribution in [0.3, 0.4) is 0 Å². The molecule has 0 spiro atoms. The zero-order valence-corrected chi connectivity index (χ0v) is 33.9. The Morgan fingerprint density at radius 1 is 0.593 bits per heavy atom. The Hall–Kier alpha value is -3.08. The molecule has 0 aliphatic carbocycles. The van der Waals surface area contributed by atoms with Gasteiger partial charge in [0, 0.05) is 12.8 Å². The molecule has 0 aromatic rings. The molecule has 54 heavy (non-hydrogen) atoms. The number of unbranched alkanes of at least 4 members (excludes halogenated alkanes) is 10. The number of phosphoric ester groups is 1. The van der Waals surface area contributed by atoms with Gasteiger partial charge in [-0.1, -0.05) is 151 Å². The minimum atomic E-state index is -4.73. The standard InChI is InChI=1S/C42H70NO10P/c1-3-5-7-9-11-13-15-16-17-18-19-20-21-22-24-26-28-30-32-34-41(45)53-38(36-51-54(48,49)52-37-39(43)42(46)47)35-50-40(44)33-31-29-27-25-23-14-12-10-8-6-4-2/h5,7,11,13,16-17,19-20,22,24,28,30,38-39H,3-4,6,8-10,12,14-15,18,21,23,25-27,29,31-37,43H2,1-2H3,(H,46,47)(H,48,49)/b7-5+,13-11+,17-16+,20-19+,24-22+,30-28+/t38-,39-/m0/s1. The molecule has 12 heteroatoms. The molecule has 4 N–H and O–H groups in total. The highest BCUT2D eigenvalue weighted by atomic mass is 31.2. The number of carbonyl (C=O) groups excluding carboxylic acids is 2. The molecule has 0 saturated heterocycles. The normalized spacial score (nSPS) is 14.6. The van der Waals surface area contributed by atoms with Crippen molar-refractivity contribution in [2.24, 2.45) is 5.73 Å². The largest absolute Gasteiger partial charge is 0.480 e. The average molecular weight is 780 g/mol. The van der Waals surface area contributed by atoms with Crippen molar-refractivity contribution in [1.29, 1.82) is 0 Å². The maximum atomic E-state index is 12.6. The van der Waals surface area contributed by atoms with Crippen molar-refractivity contribution in [1.82, 2.24) is 0 Å². The third-order valence-electron chi connectivity index (χ3n) is 7.98. The van der Waals surface area contributed by atoms with Crippen LogP contribution < -0.4 is 5.73 Å². The number of carbonyl (C=O) groups is 3. The molecule has 3 atom stereocenters. The fraction of sp³-hybridized carbons (Fsp3) is 0.643. The van der Waals surface area contributed by atoms with Crippen molar-refractivity contribution in [3.63, 3.8) is 0 Å². The molecular weight excluding hydrogens is 709 g/mol. The molecular formula is C42H70NO10P. The van der Waals surface area contributed by atoms with Gasteiger partial charge in [0.25, 0.3) is 0 Å². The predicted molar refractivity (Wildman–Crippen MR) is 217 cm³/mol. The van der Waals surface area contributed by atoms with Crippen LogP contribution in [0.1, 0.15) is 142 Å². The lowest BCUT2D eigenvalue weighted by molar-refractivity contribution is -0.161. The van der Waals surface area contributed by atoms with Crippen molar-refractivity contribution >= 4 is 25.7 Å². The van der Waals surface area contributed by atoms with E-state index in [1.54, 1.807) is 0 Å². The molecule has 11 nitrogen and oxygen atoms in total. The van der Waals surface area contributed by atoms with E-state index in [0.29, 0.717) is 19.3 Å². The van der Waals surface area contributed by atoms with E-state index >= 15 is 0 Å². The van der Waals surface area contributed by atoms with Crippen LogP contribution in [0, 0.1) is 0 Å². The van der Waals surface area contributed by atoms with Crippen molar-refractivity contribution in [3.8, 4) is 0 Å². The second-order valence-electron chi connectivity index (χ2n) is 13.0. The predicted octanol–water partition coefficient (Wildman–Crippen LogP) is 10.2. The summed E-state index contributed by atoms with van der Waals surface area (Å²) < 4.78 is 32.5. The summed E-state index contributed by atoms with van der Waals surface area (Å²) in [7, 11) is -4.73. The number of aliphatic carboxylic acids is 1. The van der Waals surface area contributed by atoms with E-state index in [4.69, 9.17) is 24.8 Å². The van der Waals surface area contributed by atoms with E-state index in [0.717, 1.165) is 51.4 Å². The monoisotopic (exact) mass is 779 g/mol. The highest BCUT2D eigenvalue weighted by molar-refractivity contribution is 7.47. The summed E-state index contributed by atoms with van der Waals surface area (Å²) in [6, 6.07) is -1.53. The van der Waals surface area contributed by atoms with E-state index in [2.05, 4.69) is 73.1 Å². The van der Waals surface area contributed by atoms with E-state index < -0.39 is 51.1 Å². The SMILES string of the molecule is CC/C=C/C/C=C/C/C=C/C/C=C/C/C=C/C/C=C/CCC(=O)O[C@@H](COC(=O)CCCCCCCCCCCCC)COP(=O)(O)OC[C@H](N)C(=O)O. The van der Waals surface area contributed by atoms with Crippen molar-refractivity contribution in [3.05, 3.63) is 72.9 Å². The van der Waals surface area contributed by atoms with Crippen LogP contribution in [0.5, 0.6) is 0 Å². The fourth-order valence-electron chi connectivity index (χ4n) is 4.85. The Bertz CT molecular complexity index is 1190. The molecule has 0 fully saturated rings. The van der Waals surface area contributed by atoms with Gasteiger partial charge in [0.2, 0.25) is 0 Å². The van der Waals surface area contributed by atoms with E-state index in [9.17, 15) is 23.8 Å². The number of carboxylic acids is 1. The zero-order chi connectivity index (χ0) is 40.0. The van der Waals surface area contributed by atoms with Gasteiger partial charge in [0.1, 0.15) is 12.6 Å². The van der Waals surface area contributed by atoms with Crippen LogP contribution in [0.15, 0.2) is 72.9 Å². The van der Waals surface area contributed by atoms with Gasteiger partial charge in [-0.05, 0) is 51.4 Å². The summed E-state index contributed by atoms with van der Waals surface area (Å²) in [5, 5.41) is 8.86. The Labute approximate surface area is 325 Å². The molecule has 0 amide bonds. The molecule has 0 rings (SSSR count). The molecule has 1 unspecified atom stereocenters. The molecule has 0 saturated carbocycles. The van der Waals surface area contributed by atoms with Crippen molar-refractivity contribution in [2.75, 3.05) is 19.8 Å². The van der Waals surface area contributed by atoms with Crippen LogP contribution in [0.4, 0.5) is 0 Å².